The van der Waals surface area contributed by atoms with Crippen LogP contribution in [0.4, 0.5) is 0 Å². The van der Waals surface area contributed by atoms with E-state index in [2.05, 4.69) is 19.2 Å². The lowest BCUT2D eigenvalue weighted by atomic mass is 9.74. The van der Waals surface area contributed by atoms with Crippen LogP contribution in [-0.2, 0) is 9.59 Å². The Kier molecular flexibility index (Phi) is 5.06. The molecule has 2 N–H and O–H groups in total. The molecule has 1 saturated carbocycles. The van der Waals surface area contributed by atoms with Crippen molar-refractivity contribution in [2.75, 3.05) is 6.61 Å². The molecule has 1 amide bonds. The van der Waals surface area contributed by atoms with Crippen molar-refractivity contribution in [3.63, 3.8) is 0 Å². The molecule has 1 aromatic rings. The van der Waals surface area contributed by atoms with Crippen molar-refractivity contribution in [3.05, 3.63) is 29.8 Å². The molecule has 1 aliphatic carbocycles. The molecule has 0 saturated heterocycles. The Morgan fingerprint density at radius 1 is 1.36 bits per heavy atom. The van der Waals surface area contributed by atoms with Crippen LogP contribution in [0.15, 0.2) is 24.3 Å². The van der Waals surface area contributed by atoms with Crippen molar-refractivity contribution in [3.8, 4) is 5.75 Å². The van der Waals surface area contributed by atoms with Crippen molar-refractivity contribution < 1.29 is 19.4 Å². The number of nitrogens with one attached hydrogen (secondary N) is 1. The molecule has 0 aliphatic heterocycles. The van der Waals surface area contributed by atoms with Gasteiger partial charge in [0.1, 0.15) is 5.75 Å². The second kappa shape index (κ2) is 6.81. The molecule has 5 heteroatoms. The van der Waals surface area contributed by atoms with E-state index in [1.165, 1.54) is 0 Å². The van der Waals surface area contributed by atoms with Crippen molar-refractivity contribution in [2.45, 2.75) is 51.0 Å². The van der Waals surface area contributed by atoms with Crippen LogP contribution in [0.25, 0.3) is 0 Å². The summed E-state index contributed by atoms with van der Waals surface area (Å²) >= 11 is 0. The largest absolute Gasteiger partial charge is 0.484 e. The van der Waals surface area contributed by atoms with Crippen LogP contribution in [-0.4, -0.2) is 29.1 Å². The van der Waals surface area contributed by atoms with E-state index in [1.54, 1.807) is 0 Å². The van der Waals surface area contributed by atoms with E-state index in [4.69, 9.17) is 9.84 Å². The number of benzene rings is 1. The summed E-state index contributed by atoms with van der Waals surface area (Å²) in [4.78, 5) is 22.9. The molecule has 0 atom stereocenters. The number of carbonyl (C=O) groups is 2. The Morgan fingerprint density at radius 2 is 2.09 bits per heavy atom. The number of aliphatic carboxylic acids is 1. The SMILES string of the molecule is CC(C)c1cccc(OCC(=O)NC2(CC(=O)O)CCC2)c1. The first-order chi connectivity index (χ1) is 10.4. The van der Waals surface area contributed by atoms with Gasteiger partial charge in [-0.3, -0.25) is 9.59 Å². The fourth-order valence-corrected chi connectivity index (χ4v) is 2.68. The van der Waals surface area contributed by atoms with E-state index in [1.807, 2.05) is 24.3 Å². The van der Waals surface area contributed by atoms with Crippen molar-refractivity contribution in [1.82, 2.24) is 5.32 Å². The summed E-state index contributed by atoms with van der Waals surface area (Å²) in [5.74, 6) is -0.102. The van der Waals surface area contributed by atoms with E-state index in [9.17, 15) is 9.59 Å². The second-order valence-corrected chi connectivity index (χ2v) is 6.27. The maximum absolute atomic E-state index is 12.0. The summed E-state index contributed by atoms with van der Waals surface area (Å²) in [6.07, 6.45) is 2.36. The predicted molar refractivity (Wildman–Crippen MR) is 83.0 cm³/mol. The van der Waals surface area contributed by atoms with Crippen molar-refractivity contribution >= 4 is 11.9 Å². The van der Waals surface area contributed by atoms with Crippen molar-refractivity contribution in [2.24, 2.45) is 0 Å². The summed E-state index contributed by atoms with van der Waals surface area (Å²) in [7, 11) is 0. The maximum Gasteiger partial charge on any atom is 0.305 e. The van der Waals surface area contributed by atoms with Gasteiger partial charge in [0.05, 0.1) is 12.0 Å². The summed E-state index contributed by atoms with van der Waals surface area (Å²) in [5, 5.41) is 11.8. The third-order valence-corrected chi connectivity index (χ3v) is 4.10. The summed E-state index contributed by atoms with van der Waals surface area (Å²) in [6.45, 7) is 4.10. The molecule has 1 aromatic carbocycles. The minimum Gasteiger partial charge on any atom is -0.484 e. The minimum absolute atomic E-state index is 0.0262. The van der Waals surface area contributed by atoms with Gasteiger partial charge in [-0.15, -0.1) is 0 Å². The molecule has 5 nitrogen and oxygen atoms in total. The zero-order chi connectivity index (χ0) is 16.2. The van der Waals surface area contributed by atoms with Gasteiger partial charge in [0, 0.05) is 0 Å². The number of hydrogen-bond donors (Lipinski definition) is 2. The molecule has 0 aromatic heterocycles. The van der Waals surface area contributed by atoms with Crippen LogP contribution < -0.4 is 10.1 Å². The molecule has 1 fully saturated rings. The van der Waals surface area contributed by atoms with Gasteiger partial charge in [0.2, 0.25) is 0 Å². The van der Waals surface area contributed by atoms with E-state index >= 15 is 0 Å². The Hall–Kier alpha value is -2.04. The van der Waals surface area contributed by atoms with Gasteiger partial charge >= 0.3 is 5.97 Å². The smallest absolute Gasteiger partial charge is 0.305 e. The third kappa shape index (κ3) is 4.23. The van der Waals surface area contributed by atoms with Crippen LogP contribution in [0, 0.1) is 0 Å². The van der Waals surface area contributed by atoms with Crippen LogP contribution >= 0.6 is 0 Å². The predicted octanol–water partition coefficient (Wildman–Crippen LogP) is 2.70. The molecule has 0 spiro atoms. The highest BCUT2D eigenvalue weighted by Crippen LogP contribution is 2.34. The lowest BCUT2D eigenvalue weighted by Gasteiger charge is -2.41. The van der Waals surface area contributed by atoms with Crippen LogP contribution in [0.2, 0.25) is 0 Å². The number of rotatable bonds is 7. The highest BCUT2D eigenvalue weighted by Gasteiger charge is 2.40. The Balaban J connectivity index is 1.87. The minimum atomic E-state index is -0.884. The van der Waals surface area contributed by atoms with Gasteiger partial charge in [0.15, 0.2) is 6.61 Å². The number of carboxylic acid groups (broad SMARTS) is 1. The molecular formula is C17H23NO4. The number of amides is 1. The zero-order valence-electron chi connectivity index (χ0n) is 13.1. The average Bonchev–Trinajstić information content (AvgIpc) is 2.42. The van der Waals surface area contributed by atoms with Gasteiger partial charge in [-0.05, 0) is 42.9 Å². The van der Waals surface area contributed by atoms with E-state index < -0.39 is 11.5 Å². The van der Waals surface area contributed by atoms with Crippen LogP contribution in [0.1, 0.15) is 51.0 Å². The van der Waals surface area contributed by atoms with Crippen LogP contribution in [0.5, 0.6) is 5.75 Å². The molecule has 22 heavy (non-hydrogen) atoms. The normalized spacial score (nSPS) is 16.0. The molecule has 120 valence electrons. The Morgan fingerprint density at radius 3 is 2.64 bits per heavy atom. The molecule has 0 unspecified atom stereocenters. The first-order valence-corrected chi connectivity index (χ1v) is 7.66. The number of carboxylic acids is 1. The Bertz CT molecular complexity index is 549. The fourth-order valence-electron chi connectivity index (χ4n) is 2.68. The lowest BCUT2D eigenvalue weighted by Crippen LogP contribution is -2.55. The molecule has 0 radical (unpaired) electrons. The number of hydrogen-bond acceptors (Lipinski definition) is 3. The molecular weight excluding hydrogens is 282 g/mol. The molecule has 2 rings (SSSR count). The van der Waals surface area contributed by atoms with E-state index in [-0.39, 0.29) is 18.9 Å². The van der Waals surface area contributed by atoms with Crippen molar-refractivity contribution in [1.29, 1.82) is 0 Å². The third-order valence-electron chi connectivity index (χ3n) is 4.10. The zero-order valence-corrected chi connectivity index (χ0v) is 13.1. The maximum atomic E-state index is 12.0. The average molecular weight is 305 g/mol. The van der Waals surface area contributed by atoms with Gasteiger partial charge in [0.25, 0.3) is 5.91 Å². The summed E-state index contributed by atoms with van der Waals surface area (Å²) in [6, 6.07) is 7.66. The number of carbonyl (C=O) groups excluding carboxylic acids is 1. The topological polar surface area (TPSA) is 75.6 Å². The highest BCUT2D eigenvalue weighted by atomic mass is 16.5. The lowest BCUT2D eigenvalue weighted by molar-refractivity contribution is -0.140. The van der Waals surface area contributed by atoms with E-state index in [0.717, 1.165) is 12.0 Å². The standard InChI is InChI=1S/C17H23NO4/c1-12(2)13-5-3-6-14(9-13)22-11-15(19)18-17(7-4-8-17)10-16(20)21/h3,5-6,9,12H,4,7-8,10-11H2,1-2H3,(H,18,19)(H,20,21). The number of ether oxygens (including phenoxy) is 1. The van der Waals surface area contributed by atoms with Gasteiger partial charge < -0.3 is 15.2 Å². The fraction of sp³-hybridized carbons (Fsp3) is 0.529. The highest BCUT2D eigenvalue weighted by molar-refractivity contribution is 5.80. The Labute approximate surface area is 130 Å². The summed E-state index contributed by atoms with van der Waals surface area (Å²) < 4.78 is 5.52. The first kappa shape index (κ1) is 16.3. The van der Waals surface area contributed by atoms with Gasteiger partial charge in [-0.1, -0.05) is 26.0 Å². The van der Waals surface area contributed by atoms with Gasteiger partial charge in [-0.25, -0.2) is 0 Å². The summed E-state index contributed by atoms with van der Waals surface area (Å²) in [5.41, 5.74) is 0.575. The molecule has 0 heterocycles. The molecule has 0 bridgehead atoms. The monoisotopic (exact) mass is 305 g/mol. The first-order valence-electron chi connectivity index (χ1n) is 7.66. The van der Waals surface area contributed by atoms with Gasteiger partial charge in [-0.2, -0.15) is 0 Å². The second-order valence-electron chi connectivity index (χ2n) is 6.27. The quantitative estimate of drug-likeness (QED) is 0.812. The molecule has 1 aliphatic rings. The van der Waals surface area contributed by atoms with Crippen LogP contribution in [0.3, 0.4) is 0 Å². The van der Waals surface area contributed by atoms with E-state index in [0.29, 0.717) is 24.5 Å².